The molecule has 4 amide bonds. The Morgan fingerprint density at radius 1 is 0.909 bits per heavy atom. The van der Waals surface area contributed by atoms with E-state index in [-0.39, 0.29) is 23.9 Å². The monoisotopic (exact) mass is 610 g/mol. The fraction of sp³-hybridized carbons (Fsp3) is 0.312. The summed E-state index contributed by atoms with van der Waals surface area (Å²) >= 11 is 0. The first-order chi connectivity index (χ1) is 20.8. The van der Waals surface area contributed by atoms with Crippen LogP contribution in [0.5, 0.6) is 5.75 Å². The number of likely N-dealkylation sites (N-methyl/N-ethyl adjacent to an activating group) is 1. The molecule has 1 unspecified atom stereocenters. The number of urea groups is 1. The minimum atomic E-state index is -0.999. The van der Waals surface area contributed by atoms with Crippen LogP contribution >= 0.6 is 0 Å². The van der Waals surface area contributed by atoms with Crippen molar-refractivity contribution in [3.8, 4) is 5.75 Å². The van der Waals surface area contributed by atoms with Crippen LogP contribution in [-0.2, 0) is 14.4 Å². The number of benzene rings is 3. The number of nitrogens with zero attached hydrogens (tertiary/aromatic N) is 2. The SMILES string of the molecule is CC(C)CCN(C(=O)CNC(=O)Nc1cccc(C(C)C(=O)O)c1)c1ccccc1OCC(=O)N(C)c1cc(F)cc(F)c1. The van der Waals surface area contributed by atoms with Gasteiger partial charge in [-0.1, -0.05) is 38.1 Å². The number of hydrogen-bond donors (Lipinski definition) is 3. The lowest BCUT2D eigenvalue weighted by atomic mass is 10.0. The minimum Gasteiger partial charge on any atom is -0.482 e. The Bertz CT molecular complexity index is 1480. The van der Waals surface area contributed by atoms with Crippen molar-refractivity contribution >= 4 is 40.9 Å². The van der Waals surface area contributed by atoms with Crippen molar-refractivity contribution in [1.82, 2.24) is 5.32 Å². The summed E-state index contributed by atoms with van der Waals surface area (Å²) in [5.74, 6) is -3.96. The van der Waals surface area contributed by atoms with Crippen molar-refractivity contribution in [3.63, 3.8) is 0 Å². The normalized spacial score (nSPS) is 11.4. The van der Waals surface area contributed by atoms with E-state index in [0.29, 0.717) is 36.0 Å². The van der Waals surface area contributed by atoms with Gasteiger partial charge < -0.3 is 30.3 Å². The van der Waals surface area contributed by atoms with Crippen LogP contribution in [-0.4, -0.2) is 55.7 Å². The van der Waals surface area contributed by atoms with Crippen molar-refractivity contribution < 1.29 is 37.8 Å². The molecule has 3 rings (SSSR count). The second-order valence-electron chi connectivity index (χ2n) is 10.6. The van der Waals surface area contributed by atoms with Crippen molar-refractivity contribution in [2.24, 2.45) is 5.92 Å². The number of amides is 4. The van der Waals surface area contributed by atoms with Gasteiger partial charge in [0.1, 0.15) is 17.4 Å². The molecule has 0 saturated heterocycles. The van der Waals surface area contributed by atoms with E-state index in [1.165, 1.54) is 18.9 Å². The summed E-state index contributed by atoms with van der Waals surface area (Å²) in [6.07, 6.45) is 0.633. The molecule has 0 radical (unpaired) electrons. The van der Waals surface area contributed by atoms with Gasteiger partial charge in [0, 0.05) is 31.0 Å². The van der Waals surface area contributed by atoms with E-state index in [1.807, 2.05) is 13.8 Å². The molecule has 0 spiro atoms. The molecule has 0 aliphatic carbocycles. The Labute approximate surface area is 254 Å². The Hall–Kier alpha value is -5.00. The number of nitrogens with one attached hydrogen (secondary N) is 2. The van der Waals surface area contributed by atoms with Gasteiger partial charge in [-0.3, -0.25) is 14.4 Å². The zero-order chi connectivity index (χ0) is 32.4. The van der Waals surface area contributed by atoms with E-state index in [9.17, 15) is 33.1 Å². The number of carbonyl (C=O) groups is 4. The number of rotatable bonds is 13. The summed E-state index contributed by atoms with van der Waals surface area (Å²) in [5.41, 5.74) is 1.27. The molecule has 0 aliphatic heterocycles. The number of hydrogen-bond acceptors (Lipinski definition) is 5. The molecule has 0 heterocycles. The van der Waals surface area contributed by atoms with Gasteiger partial charge >= 0.3 is 12.0 Å². The quantitative estimate of drug-likeness (QED) is 0.238. The van der Waals surface area contributed by atoms with Gasteiger partial charge in [0.2, 0.25) is 5.91 Å². The smallest absolute Gasteiger partial charge is 0.319 e. The number of carboxylic acid groups (broad SMARTS) is 1. The van der Waals surface area contributed by atoms with E-state index in [2.05, 4.69) is 10.6 Å². The van der Waals surface area contributed by atoms with Crippen molar-refractivity contribution in [2.75, 3.05) is 41.9 Å². The molecular formula is C32H36F2N4O6. The minimum absolute atomic E-state index is 0.0191. The maximum absolute atomic E-state index is 13.6. The number of ether oxygens (including phenoxy) is 1. The van der Waals surface area contributed by atoms with Crippen LogP contribution in [0.4, 0.5) is 30.6 Å². The predicted molar refractivity (Wildman–Crippen MR) is 163 cm³/mol. The largest absolute Gasteiger partial charge is 0.482 e. The van der Waals surface area contributed by atoms with Crippen molar-refractivity contribution in [3.05, 3.63) is 83.9 Å². The maximum atomic E-state index is 13.6. The van der Waals surface area contributed by atoms with E-state index in [0.717, 1.165) is 17.0 Å². The summed E-state index contributed by atoms with van der Waals surface area (Å²) in [5, 5.41) is 14.4. The summed E-state index contributed by atoms with van der Waals surface area (Å²) in [6.45, 7) is 4.99. The molecule has 0 fully saturated rings. The van der Waals surface area contributed by atoms with Crippen LogP contribution in [0.25, 0.3) is 0 Å². The van der Waals surface area contributed by atoms with Crippen LogP contribution in [0.3, 0.4) is 0 Å². The summed E-state index contributed by atoms with van der Waals surface area (Å²) in [4.78, 5) is 52.6. The Morgan fingerprint density at radius 2 is 1.59 bits per heavy atom. The molecular weight excluding hydrogens is 574 g/mol. The molecule has 0 bridgehead atoms. The van der Waals surface area contributed by atoms with Gasteiger partial charge in [-0.05, 0) is 61.2 Å². The summed E-state index contributed by atoms with van der Waals surface area (Å²) < 4.78 is 33.1. The van der Waals surface area contributed by atoms with Crippen LogP contribution in [0.1, 0.15) is 38.7 Å². The van der Waals surface area contributed by atoms with Crippen LogP contribution in [0.2, 0.25) is 0 Å². The highest BCUT2D eigenvalue weighted by Gasteiger charge is 2.22. The molecule has 10 nitrogen and oxygen atoms in total. The fourth-order valence-corrected chi connectivity index (χ4v) is 4.14. The predicted octanol–water partition coefficient (Wildman–Crippen LogP) is 5.40. The molecule has 0 saturated carbocycles. The van der Waals surface area contributed by atoms with Gasteiger partial charge in [-0.25, -0.2) is 13.6 Å². The third kappa shape index (κ3) is 9.51. The molecule has 12 heteroatoms. The van der Waals surface area contributed by atoms with E-state index >= 15 is 0 Å². The lowest BCUT2D eigenvalue weighted by molar-refractivity contribution is -0.138. The number of carboxylic acids is 1. The standard InChI is InChI=1S/C32H36F2N4O6/c1-20(2)12-13-38(29(39)18-35-32(43)36-25-9-7-8-22(14-25)21(3)31(41)42)27-10-5-6-11-28(27)44-19-30(40)37(4)26-16-23(33)15-24(34)17-26/h5-11,14-17,20-21H,12-13,18-19H2,1-4H3,(H,41,42)(H2,35,36,43). The first kappa shape index (κ1) is 33.5. The third-order valence-corrected chi connectivity index (χ3v) is 6.76. The highest BCUT2D eigenvalue weighted by atomic mass is 19.1. The second-order valence-corrected chi connectivity index (χ2v) is 10.6. The highest BCUT2D eigenvalue weighted by molar-refractivity contribution is 5.99. The van der Waals surface area contributed by atoms with Crippen LogP contribution in [0.15, 0.2) is 66.7 Å². The Kier molecular flexibility index (Phi) is 11.8. The molecule has 0 aliphatic rings. The van der Waals surface area contributed by atoms with Gasteiger partial charge in [0.15, 0.2) is 6.61 Å². The zero-order valence-electron chi connectivity index (χ0n) is 25.0. The van der Waals surface area contributed by atoms with Crippen molar-refractivity contribution in [1.29, 1.82) is 0 Å². The number of aliphatic carboxylic acids is 1. The van der Waals surface area contributed by atoms with Gasteiger partial charge in [0.05, 0.1) is 18.2 Å². The number of para-hydroxylation sites is 2. The zero-order valence-corrected chi connectivity index (χ0v) is 25.0. The lowest BCUT2D eigenvalue weighted by Gasteiger charge is -2.26. The van der Waals surface area contributed by atoms with E-state index in [4.69, 9.17) is 4.74 Å². The molecule has 3 aromatic carbocycles. The number of halogens is 2. The molecule has 0 aromatic heterocycles. The average Bonchev–Trinajstić information content (AvgIpc) is 2.98. The van der Waals surface area contributed by atoms with Gasteiger partial charge in [0.25, 0.3) is 5.91 Å². The molecule has 3 N–H and O–H groups in total. The van der Waals surface area contributed by atoms with Crippen molar-refractivity contribution in [2.45, 2.75) is 33.1 Å². The van der Waals surface area contributed by atoms with E-state index in [1.54, 1.807) is 48.5 Å². The first-order valence-electron chi connectivity index (χ1n) is 14.0. The average molecular weight is 611 g/mol. The summed E-state index contributed by atoms with van der Waals surface area (Å²) in [6, 6.07) is 15.1. The first-order valence-corrected chi connectivity index (χ1v) is 14.0. The highest BCUT2D eigenvalue weighted by Crippen LogP contribution is 2.29. The topological polar surface area (TPSA) is 128 Å². The lowest BCUT2D eigenvalue weighted by Crippen LogP contribution is -2.42. The fourth-order valence-electron chi connectivity index (χ4n) is 4.14. The van der Waals surface area contributed by atoms with Crippen LogP contribution < -0.4 is 25.2 Å². The molecule has 44 heavy (non-hydrogen) atoms. The number of anilines is 3. The third-order valence-electron chi connectivity index (χ3n) is 6.76. The van der Waals surface area contributed by atoms with Gasteiger partial charge in [-0.2, -0.15) is 0 Å². The van der Waals surface area contributed by atoms with Crippen LogP contribution in [0, 0.1) is 17.6 Å². The van der Waals surface area contributed by atoms with E-state index < -0.39 is 48.0 Å². The Balaban J connectivity index is 1.70. The van der Waals surface area contributed by atoms with Gasteiger partial charge in [-0.15, -0.1) is 0 Å². The second kappa shape index (κ2) is 15.5. The molecule has 3 aromatic rings. The molecule has 1 atom stereocenters. The maximum Gasteiger partial charge on any atom is 0.319 e. The Morgan fingerprint density at radius 3 is 2.25 bits per heavy atom. The summed E-state index contributed by atoms with van der Waals surface area (Å²) in [7, 11) is 1.37. The molecule has 234 valence electrons. The number of carbonyl (C=O) groups excluding carboxylic acids is 3.